The van der Waals surface area contributed by atoms with Crippen molar-refractivity contribution in [2.75, 3.05) is 12.9 Å². The molecule has 0 fully saturated rings. The summed E-state index contributed by atoms with van der Waals surface area (Å²) in [5.41, 5.74) is -1.53. The van der Waals surface area contributed by atoms with Crippen molar-refractivity contribution in [1.29, 1.82) is 0 Å². The van der Waals surface area contributed by atoms with Gasteiger partial charge in [0.2, 0.25) is 0 Å². The minimum atomic E-state index is -1.53. The number of esters is 1. The highest BCUT2D eigenvalue weighted by Gasteiger charge is 2.31. The predicted octanol–water partition coefficient (Wildman–Crippen LogP) is 1.84. The topological polar surface area (TPSA) is 46.5 Å². The van der Waals surface area contributed by atoms with Gasteiger partial charge in [-0.2, -0.15) is 0 Å². The summed E-state index contributed by atoms with van der Waals surface area (Å²) in [4.78, 5) is 11.9. The Bertz CT molecular complexity index is 362. The minimum Gasteiger partial charge on any atom is -0.467 e. The highest BCUT2D eigenvalue weighted by Crippen LogP contribution is 2.23. The summed E-state index contributed by atoms with van der Waals surface area (Å²) >= 11 is 1.26. The van der Waals surface area contributed by atoms with E-state index < -0.39 is 11.6 Å². The number of carbonyl (C=O) groups excluding carboxylic acids is 1. The van der Waals surface area contributed by atoms with E-state index in [4.69, 9.17) is 0 Å². The zero-order chi connectivity index (χ0) is 12.2. The van der Waals surface area contributed by atoms with Gasteiger partial charge in [-0.3, -0.25) is 0 Å². The standard InChI is InChI=1S/C11H13FO3S/c1-11(14,10(13)15-2)7-16-9-5-3-8(12)4-6-9/h3-6,14H,7H2,1-2H3/t11-/m0/s1. The lowest BCUT2D eigenvalue weighted by atomic mass is 10.1. The van der Waals surface area contributed by atoms with Crippen molar-refractivity contribution >= 4 is 17.7 Å². The van der Waals surface area contributed by atoms with Crippen molar-refractivity contribution in [3.63, 3.8) is 0 Å². The van der Waals surface area contributed by atoms with Crippen LogP contribution in [0, 0.1) is 5.82 Å². The van der Waals surface area contributed by atoms with Gasteiger partial charge < -0.3 is 9.84 Å². The van der Waals surface area contributed by atoms with Crippen LogP contribution in [0.4, 0.5) is 4.39 Å². The molecule has 0 radical (unpaired) electrons. The Kier molecular flexibility index (Phi) is 4.32. The highest BCUT2D eigenvalue weighted by atomic mass is 32.2. The van der Waals surface area contributed by atoms with Crippen LogP contribution in [0.25, 0.3) is 0 Å². The third-order valence-electron chi connectivity index (χ3n) is 1.96. The predicted molar refractivity (Wildman–Crippen MR) is 59.8 cm³/mol. The molecule has 0 aliphatic rings. The molecular formula is C11H13FO3S. The molecule has 0 amide bonds. The first-order valence-electron chi connectivity index (χ1n) is 4.65. The molecule has 0 saturated heterocycles. The molecule has 0 spiro atoms. The molecule has 0 aromatic heterocycles. The van der Waals surface area contributed by atoms with Crippen LogP contribution < -0.4 is 0 Å². The Hall–Kier alpha value is -1.07. The number of methoxy groups -OCH3 is 1. The van der Waals surface area contributed by atoms with Gasteiger partial charge in [-0.05, 0) is 31.2 Å². The first-order valence-corrected chi connectivity index (χ1v) is 5.63. The highest BCUT2D eigenvalue weighted by molar-refractivity contribution is 7.99. The average molecular weight is 244 g/mol. The molecule has 0 heterocycles. The van der Waals surface area contributed by atoms with E-state index in [2.05, 4.69) is 4.74 Å². The Morgan fingerprint density at radius 2 is 2.06 bits per heavy atom. The van der Waals surface area contributed by atoms with Crippen LogP contribution in [0.5, 0.6) is 0 Å². The quantitative estimate of drug-likeness (QED) is 0.648. The number of halogens is 1. The summed E-state index contributed by atoms with van der Waals surface area (Å²) in [5, 5.41) is 9.73. The fraction of sp³-hybridized carbons (Fsp3) is 0.364. The van der Waals surface area contributed by atoms with E-state index in [9.17, 15) is 14.3 Å². The van der Waals surface area contributed by atoms with Gasteiger partial charge in [0, 0.05) is 10.6 Å². The molecule has 0 saturated carbocycles. The van der Waals surface area contributed by atoms with Crippen LogP contribution in [0.2, 0.25) is 0 Å². The largest absolute Gasteiger partial charge is 0.467 e. The molecule has 5 heteroatoms. The maximum absolute atomic E-state index is 12.6. The second-order valence-corrected chi connectivity index (χ2v) is 4.56. The molecule has 1 atom stereocenters. The summed E-state index contributed by atoms with van der Waals surface area (Å²) < 4.78 is 17.1. The lowest BCUT2D eigenvalue weighted by Gasteiger charge is -2.19. The molecule has 0 aliphatic carbocycles. The molecule has 0 aliphatic heterocycles. The van der Waals surface area contributed by atoms with Gasteiger partial charge in [-0.15, -0.1) is 11.8 Å². The van der Waals surface area contributed by atoms with E-state index in [1.807, 2.05) is 0 Å². The second-order valence-electron chi connectivity index (χ2n) is 3.51. The Morgan fingerprint density at radius 1 is 1.50 bits per heavy atom. The first kappa shape index (κ1) is 13.0. The van der Waals surface area contributed by atoms with Crippen molar-refractivity contribution in [1.82, 2.24) is 0 Å². The summed E-state index contributed by atoms with van der Waals surface area (Å²) in [7, 11) is 1.22. The number of thioether (sulfide) groups is 1. The van der Waals surface area contributed by atoms with E-state index in [0.717, 1.165) is 4.90 Å². The lowest BCUT2D eigenvalue weighted by Crippen LogP contribution is -2.38. The van der Waals surface area contributed by atoms with Gasteiger partial charge in [-0.25, -0.2) is 9.18 Å². The Morgan fingerprint density at radius 3 is 2.56 bits per heavy atom. The fourth-order valence-corrected chi connectivity index (χ4v) is 1.93. The van der Waals surface area contributed by atoms with Gasteiger partial charge in [0.05, 0.1) is 7.11 Å². The molecule has 88 valence electrons. The van der Waals surface area contributed by atoms with Crippen LogP contribution in [0.15, 0.2) is 29.2 Å². The van der Waals surface area contributed by atoms with E-state index in [-0.39, 0.29) is 11.6 Å². The average Bonchev–Trinajstić information content (AvgIpc) is 2.27. The Labute approximate surface area is 97.6 Å². The number of hydrogen-bond donors (Lipinski definition) is 1. The normalized spacial score (nSPS) is 14.2. The smallest absolute Gasteiger partial charge is 0.338 e. The third-order valence-corrected chi connectivity index (χ3v) is 3.27. The van der Waals surface area contributed by atoms with Crippen molar-refractivity contribution in [3.05, 3.63) is 30.1 Å². The van der Waals surface area contributed by atoms with Gasteiger partial charge >= 0.3 is 5.97 Å². The van der Waals surface area contributed by atoms with Gasteiger partial charge in [0.1, 0.15) is 5.82 Å². The molecule has 1 N–H and O–H groups in total. The van der Waals surface area contributed by atoms with Crippen LogP contribution in [-0.4, -0.2) is 29.5 Å². The minimum absolute atomic E-state index is 0.158. The fourth-order valence-electron chi connectivity index (χ4n) is 1.03. The number of benzene rings is 1. The number of aliphatic hydroxyl groups is 1. The van der Waals surface area contributed by atoms with Crippen molar-refractivity contribution in [2.45, 2.75) is 17.4 Å². The number of rotatable bonds is 4. The maximum Gasteiger partial charge on any atom is 0.338 e. The molecule has 0 unspecified atom stereocenters. The maximum atomic E-state index is 12.6. The lowest BCUT2D eigenvalue weighted by molar-refractivity contribution is -0.158. The molecule has 1 aromatic rings. The van der Waals surface area contributed by atoms with Gasteiger partial charge in [-0.1, -0.05) is 0 Å². The van der Waals surface area contributed by atoms with E-state index in [1.54, 1.807) is 12.1 Å². The number of hydrogen-bond acceptors (Lipinski definition) is 4. The molecular weight excluding hydrogens is 231 g/mol. The van der Waals surface area contributed by atoms with Crippen molar-refractivity contribution < 1.29 is 19.0 Å². The SMILES string of the molecule is COC(=O)[C@@](C)(O)CSc1ccc(F)cc1. The van der Waals surface area contributed by atoms with Gasteiger partial charge in [0.25, 0.3) is 0 Å². The molecule has 1 aromatic carbocycles. The van der Waals surface area contributed by atoms with E-state index >= 15 is 0 Å². The monoisotopic (exact) mass is 244 g/mol. The zero-order valence-electron chi connectivity index (χ0n) is 9.07. The first-order chi connectivity index (χ1) is 7.45. The molecule has 16 heavy (non-hydrogen) atoms. The molecule has 1 rings (SSSR count). The van der Waals surface area contributed by atoms with Crippen LogP contribution in [0.3, 0.4) is 0 Å². The molecule has 0 bridgehead atoms. The zero-order valence-corrected chi connectivity index (χ0v) is 9.88. The van der Waals surface area contributed by atoms with Crippen LogP contribution >= 0.6 is 11.8 Å². The van der Waals surface area contributed by atoms with E-state index in [1.165, 1.54) is 37.9 Å². The van der Waals surface area contributed by atoms with Crippen molar-refractivity contribution in [3.8, 4) is 0 Å². The summed E-state index contributed by atoms with van der Waals surface area (Å²) in [6.07, 6.45) is 0. The van der Waals surface area contributed by atoms with Crippen molar-refractivity contribution in [2.24, 2.45) is 0 Å². The number of ether oxygens (including phenoxy) is 1. The Balaban J connectivity index is 2.57. The summed E-state index contributed by atoms with van der Waals surface area (Å²) in [6, 6.07) is 5.84. The third kappa shape index (κ3) is 3.50. The van der Waals surface area contributed by atoms with E-state index in [0.29, 0.717) is 0 Å². The molecule has 3 nitrogen and oxygen atoms in total. The van der Waals surface area contributed by atoms with Gasteiger partial charge in [0.15, 0.2) is 5.60 Å². The van der Waals surface area contributed by atoms with Crippen LogP contribution in [-0.2, 0) is 9.53 Å². The summed E-state index contributed by atoms with van der Waals surface area (Å²) in [5.74, 6) is -0.836. The van der Waals surface area contributed by atoms with Crippen LogP contribution in [0.1, 0.15) is 6.92 Å². The second kappa shape index (κ2) is 5.32. The summed E-state index contributed by atoms with van der Waals surface area (Å²) in [6.45, 7) is 1.38. The number of carbonyl (C=O) groups is 1.